The smallest absolute Gasteiger partial charge is 0.367 e. The van der Waals surface area contributed by atoms with Crippen molar-refractivity contribution in [1.29, 1.82) is 0 Å². The highest BCUT2D eigenvalue weighted by Crippen LogP contribution is 2.08. The Hall–Kier alpha value is -2.77. The summed E-state index contributed by atoms with van der Waals surface area (Å²) in [5.41, 5.74) is 11.4. The van der Waals surface area contributed by atoms with Gasteiger partial charge in [-0.2, -0.15) is 9.78 Å². The average Bonchev–Trinajstić information content (AvgIpc) is 2.33. The van der Waals surface area contributed by atoms with E-state index in [-0.39, 0.29) is 11.9 Å². The third kappa shape index (κ3) is 2.43. The first-order chi connectivity index (χ1) is 8.16. The molecule has 0 saturated carbocycles. The second-order valence-corrected chi connectivity index (χ2v) is 2.98. The molecule has 0 atom stereocenters. The maximum Gasteiger partial charge on any atom is 0.561 e. The molecule has 8 nitrogen and oxygen atoms in total. The zero-order valence-corrected chi connectivity index (χ0v) is 8.61. The van der Waals surface area contributed by atoms with Crippen molar-refractivity contribution in [3.63, 3.8) is 0 Å². The Labute approximate surface area is 94.7 Å². The van der Waals surface area contributed by atoms with E-state index >= 15 is 0 Å². The van der Waals surface area contributed by atoms with Gasteiger partial charge < -0.3 is 11.5 Å². The molecule has 0 aliphatic carbocycles. The second kappa shape index (κ2) is 4.39. The average molecular weight is 235 g/mol. The number of rotatable bonds is 1. The largest absolute Gasteiger partial charge is 0.561 e. The third-order valence-corrected chi connectivity index (χ3v) is 1.81. The van der Waals surface area contributed by atoms with Crippen LogP contribution in [0.4, 0.5) is 11.9 Å². The predicted molar refractivity (Wildman–Crippen MR) is 58.6 cm³/mol. The van der Waals surface area contributed by atoms with E-state index in [0.29, 0.717) is 5.69 Å². The molecule has 1 aromatic carbocycles. The summed E-state index contributed by atoms with van der Waals surface area (Å²) >= 11 is 0. The summed E-state index contributed by atoms with van der Waals surface area (Å²) in [5.74, 6) is -1.47. The summed E-state index contributed by atoms with van der Waals surface area (Å²) in [7, 11) is 0. The van der Waals surface area contributed by atoms with Gasteiger partial charge in [0, 0.05) is 0 Å². The lowest BCUT2D eigenvalue weighted by atomic mass is 10.3. The molecule has 0 aliphatic heterocycles. The first-order valence-electron chi connectivity index (χ1n) is 4.58. The Balaban J connectivity index is 2.74. The molecular weight excluding hydrogens is 226 g/mol. The molecule has 0 radical (unpaired) electrons. The van der Waals surface area contributed by atoms with Crippen LogP contribution in [0.3, 0.4) is 0 Å². The van der Waals surface area contributed by atoms with Crippen molar-refractivity contribution in [2.75, 3.05) is 11.5 Å². The molecule has 1 heterocycles. The molecule has 0 amide bonds. The fourth-order valence-electron chi connectivity index (χ4n) is 1.15. The molecule has 2 rings (SSSR count). The molecule has 1 aromatic heterocycles. The van der Waals surface area contributed by atoms with Gasteiger partial charge >= 0.3 is 5.82 Å². The first kappa shape index (κ1) is 10.7. The Kier molecular flexibility index (Phi) is 2.77. The summed E-state index contributed by atoms with van der Waals surface area (Å²) in [6.07, 6.45) is 0. The molecule has 17 heavy (non-hydrogen) atoms. The van der Waals surface area contributed by atoms with Gasteiger partial charge in [0.1, 0.15) is 0 Å². The minimum absolute atomic E-state index is 0.130. The van der Waals surface area contributed by atoms with Crippen LogP contribution in [0.2, 0.25) is 0 Å². The highest BCUT2D eigenvalue weighted by Gasteiger charge is 2.03. The van der Waals surface area contributed by atoms with Crippen LogP contribution in [-0.4, -0.2) is 14.9 Å². The van der Waals surface area contributed by atoms with Gasteiger partial charge in [-0.15, -0.1) is 4.74 Å². The van der Waals surface area contributed by atoms with Crippen molar-refractivity contribution in [2.24, 2.45) is 0 Å². The minimum atomic E-state index is -1.06. The number of hydrogen-bond donors (Lipinski definition) is 2. The van der Waals surface area contributed by atoms with Gasteiger partial charge in [0.05, 0.1) is 5.69 Å². The number of nitrogens with two attached hydrogens (primary N) is 2. The van der Waals surface area contributed by atoms with E-state index in [1.54, 1.807) is 30.3 Å². The summed E-state index contributed by atoms with van der Waals surface area (Å²) in [6.45, 7) is 0. The van der Waals surface area contributed by atoms with Crippen molar-refractivity contribution in [1.82, 2.24) is 14.9 Å². The van der Waals surface area contributed by atoms with Gasteiger partial charge in [-0.1, -0.05) is 18.2 Å². The first-order valence-corrected chi connectivity index (χ1v) is 4.58. The van der Waals surface area contributed by atoms with Gasteiger partial charge in [0.15, 0.2) is 0 Å². The molecule has 0 aliphatic rings. The maximum absolute atomic E-state index is 11.2. The minimum Gasteiger partial charge on any atom is -0.367 e. The number of nitrogen functional groups attached to an aromatic ring is 2. The third-order valence-electron chi connectivity index (χ3n) is 1.81. The molecule has 0 bridgehead atoms. The Morgan fingerprint density at radius 1 is 1.18 bits per heavy atom. The SMILES string of the molecule is Nc1noc(=O)on(-c2ccccc2)c(N)n1. The predicted octanol–water partition coefficient (Wildman–Crippen LogP) is 0.102. The van der Waals surface area contributed by atoms with Crippen LogP contribution in [0.15, 0.2) is 44.2 Å². The van der Waals surface area contributed by atoms with Crippen LogP contribution >= 0.6 is 0 Å². The standard InChI is InChI=1S/C9H9N5O3/c10-7-12-8(11)14(17-9(15)16-13-7)6-4-2-1-3-5-6/h1-5H,(H4,10,11,12,13). The van der Waals surface area contributed by atoms with Gasteiger partial charge in [-0.25, -0.2) is 0 Å². The van der Waals surface area contributed by atoms with E-state index in [9.17, 15) is 4.79 Å². The van der Waals surface area contributed by atoms with Crippen LogP contribution < -0.4 is 17.3 Å². The van der Waals surface area contributed by atoms with E-state index < -0.39 is 5.82 Å². The molecule has 0 spiro atoms. The van der Waals surface area contributed by atoms with Crippen molar-refractivity contribution in [2.45, 2.75) is 0 Å². The van der Waals surface area contributed by atoms with Gasteiger partial charge in [-0.05, 0) is 17.3 Å². The highest BCUT2D eigenvalue weighted by molar-refractivity contribution is 5.36. The Bertz CT molecular complexity index is 611. The molecule has 0 fully saturated rings. The van der Waals surface area contributed by atoms with Crippen molar-refractivity contribution in [3.05, 3.63) is 40.9 Å². The van der Waals surface area contributed by atoms with Crippen LogP contribution in [0.25, 0.3) is 5.69 Å². The topological polar surface area (TPSA) is 126 Å². The van der Waals surface area contributed by atoms with Crippen molar-refractivity contribution < 1.29 is 9.05 Å². The number of anilines is 2. The lowest BCUT2D eigenvalue weighted by Gasteiger charge is -2.03. The fourth-order valence-corrected chi connectivity index (χ4v) is 1.15. The van der Waals surface area contributed by atoms with E-state index in [2.05, 4.69) is 14.7 Å². The van der Waals surface area contributed by atoms with Gasteiger partial charge in [0.25, 0.3) is 5.95 Å². The summed E-state index contributed by atoms with van der Waals surface area (Å²) in [4.78, 5) is 14.8. The summed E-state index contributed by atoms with van der Waals surface area (Å²) < 4.78 is 10.1. The Morgan fingerprint density at radius 2 is 1.88 bits per heavy atom. The normalized spacial score (nSPS) is 9.88. The quantitative estimate of drug-likeness (QED) is 0.717. The number of aromatic nitrogens is 3. The van der Waals surface area contributed by atoms with Crippen LogP contribution in [0.1, 0.15) is 0 Å². The lowest BCUT2D eigenvalue weighted by Crippen LogP contribution is -2.11. The summed E-state index contributed by atoms with van der Waals surface area (Å²) in [6, 6.07) is 8.63. The van der Waals surface area contributed by atoms with Crippen molar-refractivity contribution in [3.8, 4) is 5.69 Å². The second-order valence-electron chi connectivity index (χ2n) is 2.98. The molecule has 2 aromatic rings. The van der Waals surface area contributed by atoms with E-state index in [1.807, 2.05) is 0 Å². The van der Waals surface area contributed by atoms with E-state index in [4.69, 9.17) is 16.0 Å². The molecule has 4 N–H and O–H groups in total. The Morgan fingerprint density at radius 3 is 2.59 bits per heavy atom. The number of benzene rings is 1. The van der Waals surface area contributed by atoms with Crippen LogP contribution in [-0.2, 0) is 0 Å². The monoisotopic (exact) mass is 235 g/mol. The molecule has 0 unspecified atom stereocenters. The number of para-hydroxylation sites is 1. The van der Waals surface area contributed by atoms with Crippen molar-refractivity contribution >= 4 is 11.9 Å². The van der Waals surface area contributed by atoms with Gasteiger partial charge in [-0.3, -0.25) is 9.05 Å². The zero-order valence-electron chi connectivity index (χ0n) is 8.61. The fraction of sp³-hybridized carbons (Fsp3) is 0. The maximum atomic E-state index is 11.2. The molecule has 8 heteroatoms. The molecular formula is C9H9N5O3. The van der Waals surface area contributed by atoms with Crippen LogP contribution in [0.5, 0.6) is 0 Å². The highest BCUT2D eigenvalue weighted by atomic mass is 16.6. The van der Waals surface area contributed by atoms with E-state index in [1.165, 1.54) is 0 Å². The molecule has 88 valence electrons. The summed E-state index contributed by atoms with van der Waals surface area (Å²) in [5, 5.41) is 3.17. The van der Waals surface area contributed by atoms with E-state index in [0.717, 1.165) is 4.74 Å². The van der Waals surface area contributed by atoms with Gasteiger partial charge in [0.2, 0.25) is 5.95 Å². The zero-order chi connectivity index (χ0) is 12.3. The number of hydrogen-bond acceptors (Lipinski definition) is 7. The number of nitrogens with zero attached hydrogens (tertiary/aromatic N) is 3. The van der Waals surface area contributed by atoms with Crippen LogP contribution in [0, 0.1) is 0 Å². The molecule has 0 saturated heterocycles. The lowest BCUT2D eigenvalue weighted by molar-refractivity contribution is 0.186.